The third kappa shape index (κ3) is 4.81. The Labute approximate surface area is 194 Å². The third-order valence-electron chi connectivity index (χ3n) is 7.13. The number of nitrogens with one attached hydrogen (secondary N) is 1. The first-order valence-electron chi connectivity index (χ1n) is 11.5. The summed E-state index contributed by atoms with van der Waals surface area (Å²) >= 11 is 0. The van der Waals surface area contributed by atoms with E-state index in [-0.39, 0.29) is 23.8 Å². The summed E-state index contributed by atoms with van der Waals surface area (Å²) in [4.78, 5) is 25.8. The van der Waals surface area contributed by atoms with Gasteiger partial charge in [0.15, 0.2) is 0 Å². The van der Waals surface area contributed by atoms with E-state index in [9.17, 15) is 22.8 Å². The van der Waals surface area contributed by atoms with Gasteiger partial charge in [0.25, 0.3) is 5.56 Å². The number of anilines is 1. The number of carbonyl (C=O) groups is 1. The maximum atomic E-state index is 13.1. The minimum Gasteiger partial charge on any atom is -0.406 e. The van der Waals surface area contributed by atoms with Crippen molar-refractivity contribution < 1.29 is 22.7 Å². The summed E-state index contributed by atoms with van der Waals surface area (Å²) < 4.78 is 42.4. The molecule has 2 fully saturated rings. The third-order valence-corrected chi connectivity index (χ3v) is 7.13. The Bertz CT molecular complexity index is 1270. The Kier molecular flexibility index (Phi) is 5.83. The van der Waals surface area contributed by atoms with Crippen LogP contribution in [0.25, 0.3) is 10.8 Å². The van der Waals surface area contributed by atoms with Crippen molar-refractivity contribution in [3.05, 3.63) is 70.6 Å². The van der Waals surface area contributed by atoms with E-state index in [1.807, 2.05) is 0 Å². The molecule has 34 heavy (non-hydrogen) atoms. The normalized spacial score (nSPS) is 21.7. The number of amides is 1. The molecule has 1 amide bonds. The summed E-state index contributed by atoms with van der Waals surface area (Å²) in [6.07, 6.45) is 2.32. The van der Waals surface area contributed by atoms with E-state index in [0.29, 0.717) is 40.3 Å². The maximum absolute atomic E-state index is 13.1. The average Bonchev–Trinajstić information content (AvgIpc) is 3.39. The van der Waals surface area contributed by atoms with Crippen LogP contribution in [0.1, 0.15) is 37.7 Å². The Morgan fingerprint density at radius 3 is 2.50 bits per heavy atom. The number of hydrogen-bond donors (Lipinski definition) is 1. The molecule has 2 saturated carbocycles. The fourth-order valence-corrected chi connectivity index (χ4v) is 5.61. The topological polar surface area (TPSA) is 60.3 Å². The molecule has 8 heteroatoms. The molecule has 5 rings (SSSR count). The second-order valence-corrected chi connectivity index (χ2v) is 9.39. The van der Waals surface area contributed by atoms with Crippen LogP contribution in [0.4, 0.5) is 18.9 Å². The molecule has 3 aromatic rings. The molecule has 2 aromatic carbocycles. The molecular weight excluding hydrogens is 445 g/mol. The summed E-state index contributed by atoms with van der Waals surface area (Å²) in [6, 6.07) is 12.4. The largest absolute Gasteiger partial charge is 0.573 e. The second kappa shape index (κ2) is 8.81. The van der Waals surface area contributed by atoms with Gasteiger partial charge in [-0.1, -0.05) is 24.6 Å². The van der Waals surface area contributed by atoms with Crippen molar-refractivity contribution in [1.29, 1.82) is 0 Å². The van der Waals surface area contributed by atoms with E-state index in [1.54, 1.807) is 30.5 Å². The van der Waals surface area contributed by atoms with Gasteiger partial charge in [0.05, 0.1) is 6.54 Å². The molecule has 5 nitrogen and oxygen atoms in total. The van der Waals surface area contributed by atoms with Crippen molar-refractivity contribution in [1.82, 2.24) is 4.57 Å². The average molecular weight is 470 g/mol. The van der Waals surface area contributed by atoms with Gasteiger partial charge in [-0.2, -0.15) is 0 Å². The maximum Gasteiger partial charge on any atom is 0.573 e. The minimum absolute atomic E-state index is 0.0182. The summed E-state index contributed by atoms with van der Waals surface area (Å²) in [5.74, 6) is 1.58. The quantitative estimate of drug-likeness (QED) is 0.502. The molecule has 2 unspecified atom stereocenters. The van der Waals surface area contributed by atoms with Crippen LogP contribution in [0, 0.1) is 17.8 Å². The van der Waals surface area contributed by atoms with E-state index in [0.717, 1.165) is 12.3 Å². The standard InChI is InChI=1S/C26H25F3N2O3/c27-26(28,29)34-20-8-5-16(6-9-20)15-31-11-10-21-22(25(31)33)2-1-3-23(21)30-24(32)14-19-13-17-4-7-18(19)12-17/h1-3,5-6,8-11,17-19H,4,7,12-15H2,(H,30,32)/t17?,18-,19?/m0/s1. The predicted octanol–water partition coefficient (Wildman–Crippen LogP) is 5.71. The molecule has 2 aliphatic carbocycles. The van der Waals surface area contributed by atoms with Crippen LogP contribution in [-0.4, -0.2) is 16.8 Å². The fourth-order valence-electron chi connectivity index (χ4n) is 5.61. The second-order valence-electron chi connectivity index (χ2n) is 9.39. The zero-order valence-electron chi connectivity index (χ0n) is 18.5. The number of nitrogens with zero attached hydrogens (tertiary/aromatic N) is 1. The molecule has 0 radical (unpaired) electrons. The lowest BCUT2D eigenvalue weighted by Crippen LogP contribution is -2.22. The lowest BCUT2D eigenvalue weighted by Gasteiger charge is -2.21. The van der Waals surface area contributed by atoms with Gasteiger partial charge in [-0.25, -0.2) is 0 Å². The fraction of sp³-hybridized carbons (Fsp3) is 0.385. The highest BCUT2D eigenvalue weighted by atomic mass is 19.4. The van der Waals surface area contributed by atoms with Gasteiger partial charge in [-0.15, -0.1) is 13.2 Å². The number of benzene rings is 2. The van der Waals surface area contributed by atoms with Gasteiger partial charge in [0.2, 0.25) is 5.91 Å². The first-order chi connectivity index (χ1) is 16.2. The van der Waals surface area contributed by atoms with Gasteiger partial charge >= 0.3 is 6.36 Å². The minimum atomic E-state index is -4.75. The number of fused-ring (bicyclic) bond motifs is 3. The van der Waals surface area contributed by atoms with Gasteiger partial charge in [0.1, 0.15) is 5.75 Å². The zero-order chi connectivity index (χ0) is 23.9. The summed E-state index contributed by atoms with van der Waals surface area (Å²) in [5, 5.41) is 4.14. The summed E-state index contributed by atoms with van der Waals surface area (Å²) in [5.41, 5.74) is 1.03. The van der Waals surface area contributed by atoms with Crippen LogP contribution in [0.5, 0.6) is 5.75 Å². The van der Waals surface area contributed by atoms with Crippen LogP contribution < -0.4 is 15.6 Å². The Morgan fingerprint density at radius 2 is 1.82 bits per heavy atom. The van der Waals surface area contributed by atoms with Crippen molar-refractivity contribution in [2.24, 2.45) is 17.8 Å². The first-order valence-corrected chi connectivity index (χ1v) is 11.5. The smallest absolute Gasteiger partial charge is 0.406 e. The first kappa shape index (κ1) is 22.5. The molecule has 0 aliphatic heterocycles. The Hall–Kier alpha value is -3.29. The van der Waals surface area contributed by atoms with E-state index in [2.05, 4.69) is 10.1 Å². The number of carbonyl (C=O) groups excluding carboxylic acids is 1. The zero-order valence-corrected chi connectivity index (χ0v) is 18.5. The van der Waals surface area contributed by atoms with Gasteiger partial charge in [0, 0.05) is 29.1 Å². The number of halogens is 3. The molecular formula is C26H25F3N2O3. The molecule has 2 aliphatic rings. The lowest BCUT2D eigenvalue weighted by molar-refractivity contribution is -0.274. The monoisotopic (exact) mass is 470 g/mol. The summed E-state index contributed by atoms with van der Waals surface area (Å²) in [7, 11) is 0. The highest BCUT2D eigenvalue weighted by Crippen LogP contribution is 2.49. The Morgan fingerprint density at radius 1 is 1.03 bits per heavy atom. The number of hydrogen-bond acceptors (Lipinski definition) is 3. The van der Waals surface area contributed by atoms with Gasteiger partial charge < -0.3 is 14.6 Å². The van der Waals surface area contributed by atoms with Crippen molar-refractivity contribution in [2.75, 3.05) is 5.32 Å². The van der Waals surface area contributed by atoms with Crippen LogP contribution >= 0.6 is 0 Å². The van der Waals surface area contributed by atoms with Crippen LogP contribution in [0.3, 0.4) is 0 Å². The number of alkyl halides is 3. The van der Waals surface area contributed by atoms with Crippen molar-refractivity contribution in [3.8, 4) is 5.75 Å². The van der Waals surface area contributed by atoms with Crippen LogP contribution in [0.15, 0.2) is 59.5 Å². The number of rotatable bonds is 6. The van der Waals surface area contributed by atoms with E-state index >= 15 is 0 Å². The van der Waals surface area contributed by atoms with E-state index < -0.39 is 6.36 Å². The molecule has 0 saturated heterocycles. The number of pyridine rings is 1. The van der Waals surface area contributed by atoms with E-state index in [1.165, 1.54) is 48.1 Å². The molecule has 178 valence electrons. The Balaban J connectivity index is 1.31. The van der Waals surface area contributed by atoms with Gasteiger partial charge in [-0.3, -0.25) is 9.59 Å². The van der Waals surface area contributed by atoms with E-state index in [4.69, 9.17) is 0 Å². The van der Waals surface area contributed by atoms with Crippen LogP contribution in [0.2, 0.25) is 0 Å². The van der Waals surface area contributed by atoms with Crippen molar-refractivity contribution in [3.63, 3.8) is 0 Å². The number of ether oxygens (including phenoxy) is 1. The molecule has 1 N–H and O–H groups in total. The van der Waals surface area contributed by atoms with Gasteiger partial charge in [-0.05, 0) is 72.9 Å². The number of aromatic nitrogens is 1. The highest BCUT2D eigenvalue weighted by Gasteiger charge is 2.40. The molecule has 1 heterocycles. The van der Waals surface area contributed by atoms with Crippen LogP contribution in [-0.2, 0) is 11.3 Å². The lowest BCUT2D eigenvalue weighted by atomic mass is 9.86. The molecule has 0 spiro atoms. The van der Waals surface area contributed by atoms with Crippen molar-refractivity contribution in [2.45, 2.75) is 45.0 Å². The molecule has 3 atom stereocenters. The SMILES string of the molecule is O=C(CC1CC2CC[C@H]1C2)Nc1cccc2c(=O)n(Cc3ccc(OC(F)(F)F)cc3)ccc12. The predicted molar refractivity (Wildman–Crippen MR) is 123 cm³/mol. The molecule has 1 aromatic heterocycles. The van der Waals surface area contributed by atoms with Crippen molar-refractivity contribution >= 4 is 22.4 Å². The molecule has 2 bridgehead atoms. The highest BCUT2D eigenvalue weighted by molar-refractivity contribution is 6.01. The summed E-state index contributed by atoms with van der Waals surface area (Å²) in [6.45, 7) is 0.196.